The average molecular weight is 370 g/mol. The van der Waals surface area contributed by atoms with Gasteiger partial charge in [0.2, 0.25) is 5.91 Å². The van der Waals surface area contributed by atoms with Crippen LogP contribution in [0.3, 0.4) is 0 Å². The average Bonchev–Trinajstić information content (AvgIpc) is 2.76. The van der Waals surface area contributed by atoms with Gasteiger partial charge in [-0.1, -0.05) is 60.7 Å². The van der Waals surface area contributed by atoms with Crippen LogP contribution in [-0.2, 0) is 17.9 Å². The molecule has 0 radical (unpaired) electrons. The van der Waals surface area contributed by atoms with Gasteiger partial charge in [0, 0.05) is 18.3 Å². The monoisotopic (exact) mass is 370 g/mol. The number of aromatic nitrogens is 3. The number of carbonyl (C=O) groups excluding carboxylic acids is 1. The molecule has 0 aliphatic heterocycles. The molecule has 0 bridgehead atoms. The molecule has 1 amide bonds. The molecule has 2 aromatic heterocycles. The van der Waals surface area contributed by atoms with E-state index in [-0.39, 0.29) is 18.0 Å². The molecule has 0 spiro atoms. The van der Waals surface area contributed by atoms with Gasteiger partial charge in [0.15, 0.2) is 0 Å². The van der Waals surface area contributed by atoms with E-state index in [2.05, 4.69) is 15.4 Å². The van der Waals surface area contributed by atoms with Gasteiger partial charge in [-0.15, -0.1) is 0 Å². The molecule has 0 atom stereocenters. The molecule has 0 unspecified atom stereocenters. The van der Waals surface area contributed by atoms with Crippen molar-refractivity contribution in [1.82, 2.24) is 20.1 Å². The van der Waals surface area contributed by atoms with E-state index in [1.807, 2.05) is 60.7 Å². The lowest BCUT2D eigenvalue weighted by Gasteiger charge is -2.11. The van der Waals surface area contributed by atoms with E-state index < -0.39 is 0 Å². The number of nitrogens with one attached hydrogen (secondary N) is 1. The number of nitrogens with zero attached hydrogens (tertiary/aromatic N) is 3. The van der Waals surface area contributed by atoms with E-state index in [9.17, 15) is 9.59 Å². The van der Waals surface area contributed by atoms with Crippen molar-refractivity contribution in [1.29, 1.82) is 0 Å². The molecule has 4 rings (SSSR count). The maximum Gasteiger partial charge on any atom is 0.276 e. The van der Waals surface area contributed by atoms with Crippen molar-refractivity contribution >= 4 is 16.8 Å². The molecular formula is C22H18N4O2. The third-order valence-corrected chi connectivity index (χ3v) is 4.39. The zero-order valence-corrected chi connectivity index (χ0v) is 15.1. The molecule has 138 valence electrons. The summed E-state index contributed by atoms with van der Waals surface area (Å²) in [6, 6.07) is 22.5. The normalized spacial score (nSPS) is 10.7. The van der Waals surface area contributed by atoms with Crippen LogP contribution in [0.1, 0.15) is 5.56 Å². The Morgan fingerprint density at radius 2 is 1.64 bits per heavy atom. The van der Waals surface area contributed by atoms with Gasteiger partial charge in [0.05, 0.1) is 5.39 Å². The van der Waals surface area contributed by atoms with E-state index >= 15 is 0 Å². The number of carbonyl (C=O) groups is 1. The zero-order valence-electron chi connectivity index (χ0n) is 15.1. The van der Waals surface area contributed by atoms with Crippen LogP contribution in [0.5, 0.6) is 0 Å². The molecule has 6 heteroatoms. The molecule has 0 fully saturated rings. The third kappa shape index (κ3) is 3.66. The SMILES string of the molecule is O=C(Cn1nc(-c2ccccc2)c2ncccc2c1=O)NCc1ccccc1. The summed E-state index contributed by atoms with van der Waals surface area (Å²) < 4.78 is 1.20. The largest absolute Gasteiger partial charge is 0.350 e. The molecule has 0 saturated carbocycles. The molecular weight excluding hydrogens is 352 g/mol. The Balaban J connectivity index is 1.66. The van der Waals surface area contributed by atoms with Crippen LogP contribution in [0.25, 0.3) is 22.2 Å². The van der Waals surface area contributed by atoms with Crippen LogP contribution >= 0.6 is 0 Å². The first-order valence-electron chi connectivity index (χ1n) is 8.94. The van der Waals surface area contributed by atoms with Gasteiger partial charge in [-0.3, -0.25) is 14.6 Å². The Morgan fingerprint density at radius 1 is 0.929 bits per heavy atom. The van der Waals surface area contributed by atoms with Crippen molar-refractivity contribution in [2.75, 3.05) is 0 Å². The molecule has 4 aromatic rings. The molecule has 6 nitrogen and oxygen atoms in total. The number of rotatable bonds is 5. The molecule has 0 aliphatic rings. The number of benzene rings is 2. The summed E-state index contributed by atoms with van der Waals surface area (Å²) >= 11 is 0. The van der Waals surface area contributed by atoms with Crippen LogP contribution in [0.15, 0.2) is 83.8 Å². The fourth-order valence-electron chi connectivity index (χ4n) is 3.01. The second-order valence-corrected chi connectivity index (χ2v) is 6.34. The maximum atomic E-state index is 12.8. The van der Waals surface area contributed by atoms with Crippen molar-refractivity contribution in [2.45, 2.75) is 13.1 Å². The lowest BCUT2D eigenvalue weighted by Crippen LogP contribution is -2.33. The van der Waals surface area contributed by atoms with Gasteiger partial charge >= 0.3 is 0 Å². The Bertz CT molecular complexity index is 1170. The van der Waals surface area contributed by atoms with Gasteiger partial charge in [-0.25, -0.2) is 4.68 Å². The Kier molecular flexibility index (Phi) is 4.93. The van der Waals surface area contributed by atoms with Crippen LogP contribution in [0.2, 0.25) is 0 Å². The van der Waals surface area contributed by atoms with Crippen LogP contribution < -0.4 is 10.9 Å². The maximum absolute atomic E-state index is 12.8. The minimum atomic E-state index is -0.336. The fraction of sp³-hybridized carbons (Fsp3) is 0.0909. The summed E-state index contributed by atoms with van der Waals surface area (Å²) in [5.74, 6) is -0.277. The molecule has 1 N–H and O–H groups in total. The highest BCUT2D eigenvalue weighted by Crippen LogP contribution is 2.22. The van der Waals surface area contributed by atoms with Crippen LogP contribution in [0.4, 0.5) is 0 Å². The zero-order chi connectivity index (χ0) is 19.3. The quantitative estimate of drug-likeness (QED) is 0.586. The van der Waals surface area contributed by atoms with Crippen molar-refractivity contribution in [3.05, 3.63) is 94.9 Å². The summed E-state index contributed by atoms with van der Waals surface area (Å²) in [7, 11) is 0. The second-order valence-electron chi connectivity index (χ2n) is 6.34. The van der Waals surface area contributed by atoms with Gasteiger partial charge < -0.3 is 5.32 Å². The van der Waals surface area contributed by atoms with Crippen molar-refractivity contribution in [3.8, 4) is 11.3 Å². The van der Waals surface area contributed by atoms with Gasteiger partial charge in [-0.2, -0.15) is 5.10 Å². The number of fused-ring (bicyclic) bond motifs is 1. The second kappa shape index (κ2) is 7.84. The lowest BCUT2D eigenvalue weighted by atomic mass is 10.1. The first kappa shape index (κ1) is 17.6. The van der Waals surface area contributed by atoms with Gasteiger partial charge in [-0.05, 0) is 17.7 Å². The highest BCUT2D eigenvalue weighted by molar-refractivity contribution is 5.90. The molecule has 28 heavy (non-hydrogen) atoms. The Labute approximate surface area is 161 Å². The summed E-state index contributed by atoms with van der Waals surface area (Å²) in [4.78, 5) is 29.5. The highest BCUT2D eigenvalue weighted by Gasteiger charge is 2.15. The third-order valence-electron chi connectivity index (χ3n) is 4.39. The van der Waals surface area contributed by atoms with Crippen molar-refractivity contribution in [2.24, 2.45) is 0 Å². The number of hydrogen-bond acceptors (Lipinski definition) is 4. The van der Waals surface area contributed by atoms with Crippen molar-refractivity contribution in [3.63, 3.8) is 0 Å². The van der Waals surface area contributed by atoms with E-state index in [4.69, 9.17) is 0 Å². The predicted octanol–water partition coefficient (Wildman–Crippen LogP) is 2.77. The van der Waals surface area contributed by atoms with Crippen LogP contribution in [-0.4, -0.2) is 20.7 Å². The summed E-state index contributed by atoms with van der Waals surface area (Å²) in [6.45, 7) is 0.242. The fourth-order valence-corrected chi connectivity index (χ4v) is 3.01. The summed E-state index contributed by atoms with van der Waals surface area (Å²) in [5, 5.41) is 7.71. The molecule has 0 saturated heterocycles. The van der Waals surface area contributed by atoms with E-state index in [1.165, 1.54) is 4.68 Å². The van der Waals surface area contributed by atoms with E-state index in [0.29, 0.717) is 23.1 Å². The number of hydrogen-bond donors (Lipinski definition) is 1. The number of pyridine rings is 1. The van der Waals surface area contributed by atoms with E-state index in [0.717, 1.165) is 11.1 Å². The molecule has 2 heterocycles. The molecule has 2 aromatic carbocycles. The topological polar surface area (TPSA) is 76.9 Å². The highest BCUT2D eigenvalue weighted by atomic mass is 16.2. The van der Waals surface area contributed by atoms with Crippen LogP contribution in [0, 0.1) is 0 Å². The lowest BCUT2D eigenvalue weighted by molar-refractivity contribution is -0.122. The Hall–Kier alpha value is -3.80. The molecule has 0 aliphatic carbocycles. The number of amides is 1. The standard InChI is InChI=1S/C22H18N4O2/c27-19(24-14-16-8-3-1-4-9-16)15-26-22(28)18-12-7-13-23-21(18)20(25-26)17-10-5-2-6-11-17/h1-13H,14-15H2,(H,24,27). The first-order valence-corrected chi connectivity index (χ1v) is 8.94. The minimum Gasteiger partial charge on any atom is -0.350 e. The van der Waals surface area contributed by atoms with Gasteiger partial charge in [0.1, 0.15) is 17.8 Å². The Morgan fingerprint density at radius 3 is 2.39 bits per heavy atom. The minimum absolute atomic E-state index is 0.156. The smallest absolute Gasteiger partial charge is 0.276 e. The van der Waals surface area contributed by atoms with Crippen molar-refractivity contribution < 1.29 is 4.79 Å². The predicted molar refractivity (Wildman–Crippen MR) is 108 cm³/mol. The first-order chi connectivity index (χ1) is 13.7. The summed E-state index contributed by atoms with van der Waals surface area (Å²) in [6.07, 6.45) is 1.63. The van der Waals surface area contributed by atoms with Gasteiger partial charge in [0.25, 0.3) is 5.56 Å². The van der Waals surface area contributed by atoms with E-state index in [1.54, 1.807) is 18.3 Å². The summed E-state index contributed by atoms with van der Waals surface area (Å²) in [5.41, 5.74) is 2.59.